The van der Waals surface area contributed by atoms with Crippen LogP contribution in [-0.2, 0) is 4.79 Å². The lowest BCUT2D eigenvalue weighted by molar-refractivity contribution is -0.108. The first-order chi connectivity index (χ1) is 7.63. The van der Waals surface area contributed by atoms with Gasteiger partial charge in [-0.05, 0) is 17.5 Å². The van der Waals surface area contributed by atoms with Crippen LogP contribution in [0.3, 0.4) is 0 Å². The molecule has 0 aromatic heterocycles. The van der Waals surface area contributed by atoms with E-state index in [-0.39, 0.29) is 17.2 Å². The molecule has 1 unspecified atom stereocenters. The molecule has 0 aliphatic heterocycles. The Balaban J connectivity index is 3.25. The van der Waals surface area contributed by atoms with Gasteiger partial charge in [0, 0.05) is 12.5 Å². The number of hydrogen-bond donors (Lipinski definition) is 1. The first kappa shape index (κ1) is 12.1. The summed E-state index contributed by atoms with van der Waals surface area (Å²) in [7, 11) is 1.48. The van der Waals surface area contributed by atoms with Crippen LogP contribution in [0.2, 0.25) is 0 Å². The standard InChI is InChI=1S/C12H13NO3/c1-8(3-4-14)10-5-9(7-13)11(15)6-12(10)16-2/h4-6,8,15H,3H2,1-2H3. The number of aromatic hydroxyl groups is 1. The molecule has 0 saturated carbocycles. The molecule has 0 fully saturated rings. The summed E-state index contributed by atoms with van der Waals surface area (Å²) < 4.78 is 5.11. The van der Waals surface area contributed by atoms with Crippen LogP contribution in [0.25, 0.3) is 0 Å². The summed E-state index contributed by atoms with van der Waals surface area (Å²) >= 11 is 0. The summed E-state index contributed by atoms with van der Waals surface area (Å²) in [4.78, 5) is 10.5. The SMILES string of the molecule is COc1cc(O)c(C#N)cc1C(C)CC=O. The Hall–Kier alpha value is -2.02. The Bertz CT molecular complexity index is 435. The van der Waals surface area contributed by atoms with Gasteiger partial charge in [-0.1, -0.05) is 6.92 Å². The van der Waals surface area contributed by atoms with E-state index in [0.29, 0.717) is 12.2 Å². The predicted molar refractivity (Wildman–Crippen MR) is 58.5 cm³/mol. The Labute approximate surface area is 94.1 Å². The molecule has 0 saturated heterocycles. The minimum Gasteiger partial charge on any atom is -0.506 e. The zero-order valence-corrected chi connectivity index (χ0v) is 9.23. The second-order valence-electron chi connectivity index (χ2n) is 3.53. The van der Waals surface area contributed by atoms with Gasteiger partial charge in [0.25, 0.3) is 0 Å². The van der Waals surface area contributed by atoms with Gasteiger partial charge < -0.3 is 14.6 Å². The smallest absolute Gasteiger partial charge is 0.137 e. The molecular formula is C12H13NO3. The van der Waals surface area contributed by atoms with Crippen LogP contribution in [0.1, 0.15) is 30.4 Å². The third-order valence-corrected chi connectivity index (χ3v) is 2.45. The van der Waals surface area contributed by atoms with E-state index < -0.39 is 0 Å². The quantitative estimate of drug-likeness (QED) is 0.786. The Morgan fingerprint density at radius 1 is 1.62 bits per heavy atom. The molecule has 0 bridgehead atoms. The van der Waals surface area contributed by atoms with E-state index in [2.05, 4.69) is 0 Å². The number of phenolic OH excluding ortho intramolecular Hbond substituents is 1. The van der Waals surface area contributed by atoms with Gasteiger partial charge in [0.15, 0.2) is 0 Å². The van der Waals surface area contributed by atoms with Crippen LogP contribution in [-0.4, -0.2) is 18.5 Å². The van der Waals surface area contributed by atoms with Gasteiger partial charge in [-0.3, -0.25) is 0 Å². The maximum atomic E-state index is 10.5. The first-order valence-electron chi connectivity index (χ1n) is 4.88. The van der Waals surface area contributed by atoms with Crippen LogP contribution < -0.4 is 4.74 Å². The second-order valence-corrected chi connectivity index (χ2v) is 3.53. The van der Waals surface area contributed by atoms with Crippen molar-refractivity contribution in [1.82, 2.24) is 0 Å². The molecule has 84 valence electrons. The van der Waals surface area contributed by atoms with Crippen molar-refractivity contribution in [2.45, 2.75) is 19.3 Å². The zero-order chi connectivity index (χ0) is 12.1. The number of nitriles is 1. The summed E-state index contributed by atoms with van der Waals surface area (Å²) in [5, 5.41) is 18.3. The number of hydrogen-bond acceptors (Lipinski definition) is 4. The maximum absolute atomic E-state index is 10.5. The molecule has 0 spiro atoms. The van der Waals surface area contributed by atoms with Crippen molar-refractivity contribution in [2.24, 2.45) is 0 Å². The molecule has 16 heavy (non-hydrogen) atoms. The molecule has 0 heterocycles. The monoisotopic (exact) mass is 219 g/mol. The van der Waals surface area contributed by atoms with Crippen LogP contribution in [0.5, 0.6) is 11.5 Å². The lowest BCUT2D eigenvalue weighted by atomic mass is 9.95. The van der Waals surface area contributed by atoms with Crippen LogP contribution >= 0.6 is 0 Å². The van der Waals surface area contributed by atoms with Crippen molar-refractivity contribution >= 4 is 6.29 Å². The van der Waals surface area contributed by atoms with Gasteiger partial charge in [-0.25, -0.2) is 0 Å². The lowest BCUT2D eigenvalue weighted by Crippen LogP contribution is -1.99. The maximum Gasteiger partial charge on any atom is 0.137 e. The van der Waals surface area contributed by atoms with E-state index in [4.69, 9.17) is 10.00 Å². The third-order valence-electron chi connectivity index (χ3n) is 2.45. The van der Waals surface area contributed by atoms with E-state index in [9.17, 15) is 9.90 Å². The van der Waals surface area contributed by atoms with E-state index in [1.54, 1.807) is 6.07 Å². The summed E-state index contributed by atoms with van der Waals surface area (Å²) in [6.07, 6.45) is 1.18. The summed E-state index contributed by atoms with van der Waals surface area (Å²) in [5.74, 6) is 0.340. The number of phenols is 1. The van der Waals surface area contributed by atoms with Gasteiger partial charge in [-0.2, -0.15) is 5.26 Å². The summed E-state index contributed by atoms with van der Waals surface area (Å²) in [6.45, 7) is 1.87. The molecule has 1 N–H and O–H groups in total. The highest BCUT2D eigenvalue weighted by atomic mass is 16.5. The molecule has 0 aliphatic rings. The highest BCUT2D eigenvalue weighted by molar-refractivity contribution is 5.56. The summed E-state index contributed by atoms with van der Waals surface area (Å²) in [5.41, 5.74) is 0.942. The van der Waals surface area contributed by atoms with E-state index >= 15 is 0 Å². The van der Waals surface area contributed by atoms with E-state index in [0.717, 1.165) is 11.8 Å². The van der Waals surface area contributed by atoms with Crippen LogP contribution in [0, 0.1) is 11.3 Å². The topological polar surface area (TPSA) is 70.3 Å². The number of rotatable bonds is 4. The van der Waals surface area contributed by atoms with Gasteiger partial charge in [0.05, 0.1) is 12.7 Å². The molecule has 0 amide bonds. The molecule has 4 nitrogen and oxygen atoms in total. The average Bonchev–Trinajstić information content (AvgIpc) is 2.28. The molecular weight excluding hydrogens is 206 g/mol. The predicted octanol–water partition coefficient (Wildman–Crippen LogP) is 1.96. The molecule has 1 aromatic carbocycles. The van der Waals surface area contributed by atoms with E-state index in [1.165, 1.54) is 13.2 Å². The Morgan fingerprint density at radius 3 is 2.81 bits per heavy atom. The molecule has 1 atom stereocenters. The lowest BCUT2D eigenvalue weighted by Gasteiger charge is -2.14. The van der Waals surface area contributed by atoms with Gasteiger partial charge >= 0.3 is 0 Å². The highest BCUT2D eigenvalue weighted by Crippen LogP contribution is 2.33. The number of aldehydes is 1. The molecule has 0 radical (unpaired) electrons. The van der Waals surface area contributed by atoms with Crippen LogP contribution in [0.15, 0.2) is 12.1 Å². The van der Waals surface area contributed by atoms with E-state index in [1.807, 2.05) is 13.0 Å². The van der Waals surface area contributed by atoms with Gasteiger partial charge in [0.1, 0.15) is 23.9 Å². The van der Waals surface area contributed by atoms with Gasteiger partial charge in [0.2, 0.25) is 0 Å². The number of benzene rings is 1. The van der Waals surface area contributed by atoms with Crippen molar-refractivity contribution in [1.29, 1.82) is 5.26 Å². The minimum absolute atomic E-state index is 0.0415. The average molecular weight is 219 g/mol. The Kier molecular flexibility index (Phi) is 3.90. The molecule has 1 rings (SSSR count). The second kappa shape index (κ2) is 5.17. The fourth-order valence-corrected chi connectivity index (χ4v) is 1.51. The van der Waals surface area contributed by atoms with Crippen molar-refractivity contribution in [3.63, 3.8) is 0 Å². The Morgan fingerprint density at radius 2 is 2.31 bits per heavy atom. The van der Waals surface area contributed by atoms with Crippen molar-refractivity contribution < 1.29 is 14.6 Å². The van der Waals surface area contributed by atoms with Crippen molar-refractivity contribution in [2.75, 3.05) is 7.11 Å². The molecule has 4 heteroatoms. The fraction of sp³-hybridized carbons (Fsp3) is 0.333. The third kappa shape index (κ3) is 2.31. The van der Waals surface area contributed by atoms with Crippen LogP contribution in [0.4, 0.5) is 0 Å². The normalized spacial score (nSPS) is 11.6. The highest BCUT2D eigenvalue weighted by Gasteiger charge is 2.15. The summed E-state index contributed by atoms with van der Waals surface area (Å²) in [6, 6.07) is 4.85. The van der Waals surface area contributed by atoms with Crippen molar-refractivity contribution in [3.05, 3.63) is 23.3 Å². The minimum atomic E-state index is -0.110. The number of ether oxygens (including phenoxy) is 1. The number of carbonyl (C=O) groups is 1. The molecule has 1 aromatic rings. The number of nitrogens with zero attached hydrogens (tertiary/aromatic N) is 1. The number of methoxy groups -OCH3 is 1. The fourth-order valence-electron chi connectivity index (χ4n) is 1.51. The van der Waals surface area contributed by atoms with Crippen molar-refractivity contribution in [3.8, 4) is 17.6 Å². The first-order valence-corrected chi connectivity index (χ1v) is 4.88. The van der Waals surface area contributed by atoms with Gasteiger partial charge in [-0.15, -0.1) is 0 Å². The molecule has 0 aliphatic carbocycles. The number of carbonyl (C=O) groups excluding carboxylic acids is 1. The zero-order valence-electron chi connectivity index (χ0n) is 9.23. The largest absolute Gasteiger partial charge is 0.506 e.